The predicted molar refractivity (Wildman–Crippen MR) is 69.2 cm³/mol. The lowest BCUT2D eigenvalue weighted by molar-refractivity contribution is 0.0591. The van der Waals surface area contributed by atoms with Crippen molar-refractivity contribution in [3.63, 3.8) is 0 Å². The Morgan fingerprint density at radius 1 is 1.56 bits per heavy atom. The third kappa shape index (κ3) is 2.69. The molecule has 98 valence electrons. The molecule has 0 aliphatic heterocycles. The molecule has 0 spiro atoms. The molecule has 0 saturated heterocycles. The van der Waals surface area contributed by atoms with Crippen LogP contribution in [0.1, 0.15) is 40.4 Å². The molecule has 2 rings (SSSR count). The predicted octanol–water partition coefficient (Wildman–Crippen LogP) is 2.20. The summed E-state index contributed by atoms with van der Waals surface area (Å²) in [7, 11) is 1.28. The maximum absolute atomic E-state index is 11.5. The SMILES string of the molecule is COC(=O)c1nc(NCC2CC2C)sc1C(C)=O. The Hall–Kier alpha value is -1.43. The van der Waals surface area contributed by atoms with Crippen LogP contribution in [0.2, 0.25) is 0 Å². The van der Waals surface area contributed by atoms with Crippen molar-refractivity contribution in [2.24, 2.45) is 11.8 Å². The zero-order valence-corrected chi connectivity index (χ0v) is 11.5. The molecule has 1 aliphatic rings. The van der Waals surface area contributed by atoms with Gasteiger partial charge in [0.05, 0.1) is 7.11 Å². The normalized spacial score (nSPS) is 21.5. The smallest absolute Gasteiger partial charge is 0.358 e. The first-order chi connectivity index (χ1) is 8.52. The van der Waals surface area contributed by atoms with Crippen LogP contribution in [-0.2, 0) is 4.74 Å². The molecule has 2 unspecified atom stereocenters. The Balaban J connectivity index is 2.11. The maximum Gasteiger partial charge on any atom is 0.358 e. The summed E-state index contributed by atoms with van der Waals surface area (Å²) < 4.78 is 4.62. The Labute approximate surface area is 110 Å². The number of nitrogens with zero attached hydrogens (tertiary/aromatic N) is 1. The molecule has 5 nitrogen and oxygen atoms in total. The van der Waals surface area contributed by atoms with Crippen LogP contribution in [-0.4, -0.2) is 30.4 Å². The van der Waals surface area contributed by atoms with Gasteiger partial charge in [0, 0.05) is 13.5 Å². The molecule has 0 radical (unpaired) electrons. The summed E-state index contributed by atoms with van der Waals surface area (Å²) >= 11 is 1.21. The first kappa shape index (κ1) is 13.0. The van der Waals surface area contributed by atoms with Crippen LogP contribution in [0.5, 0.6) is 0 Å². The summed E-state index contributed by atoms with van der Waals surface area (Å²) in [5.74, 6) is 0.700. The summed E-state index contributed by atoms with van der Waals surface area (Å²) in [5.41, 5.74) is 0.112. The van der Waals surface area contributed by atoms with E-state index in [4.69, 9.17) is 0 Å². The fourth-order valence-electron chi connectivity index (χ4n) is 1.77. The number of hydrogen-bond acceptors (Lipinski definition) is 6. The Bertz CT molecular complexity index is 484. The summed E-state index contributed by atoms with van der Waals surface area (Å²) in [5, 5.41) is 3.79. The zero-order valence-electron chi connectivity index (χ0n) is 10.6. The molecule has 1 N–H and O–H groups in total. The molecular formula is C12H16N2O3S. The van der Waals surface area contributed by atoms with Gasteiger partial charge in [-0.25, -0.2) is 9.78 Å². The van der Waals surface area contributed by atoms with Crippen molar-refractivity contribution in [1.82, 2.24) is 4.98 Å². The number of hydrogen-bond donors (Lipinski definition) is 1. The van der Waals surface area contributed by atoms with Crippen molar-refractivity contribution >= 4 is 28.2 Å². The van der Waals surface area contributed by atoms with Gasteiger partial charge in [-0.2, -0.15) is 0 Å². The molecule has 1 heterocycles. The van der Waals surface area contributed by atoms with Crippen LogP contribution in [0.15, 0.2) is 0 Å². The maximum atomic E-state index is 11.5. The van der Waals surface area contributed by atoms with Gasteiger partial charge in [-0.05, 0) is 18.3 Å². The summed E-state index contributed by atoms with van der Waals surface area (Å²) in [6.07, 6.45) is 1.22. The second-order valence-corrected chi connectivity index (χ2v) is 5.60. The highest BCUT2D eigenvalue weighted by Gasteiger charge is 2.32. The Kier molecular flexibility index (Phi) is 3.65. The van der Waals surface area contributed by atoms with Gasteiger partial charge in [-0.3, -0.25) is 4.79 Å². The van der Waals surface area contributed by atoms with E-state index < -0.39 is 5.97 Å². The van der Waals surface area contributed by atoms with E-state index in [9.17, 15) is 9.59 Å². The van der Waals surface area contributed by atoms with Gasteiger partial charge in [0.1, 0.15) is 4.88 Å². The van der Waals surface area contributed by atoms with Gasteiger partial charge in [0.15, 0.2) is 16.6 Å². The van der Waals surface area contributed by atoms with E-state index >= 15 is 0 Å². The highest BCUT2D eigenvalue weighted by atomic mass is 32.1. The van der Waals surface area contributed by atoms with E-state index in [0.29, 0.717) is 15.9 Å². The van der Waals surface area contributed by atoms with Crippen molar-refractivity contribution in [3.05, 3.63) is 10.6 Å². The van der Waals surface area contributed by atoms with Crippen LogP contribution >= 0.6 is 11.3 Å². The van der Waals surface area contributed by atoms with E-state index in [2.05, 4.69) is 22.0 Å². The van der Waals surface area contributed by atoms with Crippen LogP contribution < -0.4 is 5.32 Å². The third-order valence-electron chi connectivity index (χ3n) is 3.12. The van der Waals surface area contributed by atoms with Crippen molar-refractivity contribution in [2.45, 2.75) is 20.3 Å². The number of rotatable bonds is 5. The molecule has 1 aromatic rings. The van der Waals surface area contributed by atoms with Gasteiger partial charge in [0.25, 0.3) is 0 Å². The molecule has 1 fully saturated rings. The molecule has 18 heavy (non-hydrogen) atoms. The zero-order chi connectivity index (χ0) is 13.3. The molecule has 1 saturated carbocycles. The van der Waals surface area contributed by atoms with E-state index in [1.807, 2.05) is 0 Å². The topological polar surface area (TPSA) is 68.3 Å². The van der Waals surface area contributed by atoms with Crippen molar-refractivity contribution < 1.29 is 14.3 Å². The van der Waals surface area contributed by atoms with Gasteiger partial charge in [-0.15, -0.1) is 0 Å². The number of esters is 1. The largest absolute Gasteiger partial charge is 0.464 e. The van der Waals surface area contributed by atoms with Gasteiger partial charge in [0.2, 0.25) is 0 Å². The minimum atomic E-state index is -0.565. The van der Waals surface area contributed by atoms with Gasteiger partial charge < -0.3 is 10.1 Å². The standard InChI is InChI=1S/C12H16N2O3S/c1-6-4-8(6)5-13-12-14-9(11(16)17-3)10(18-12)7(2)15/h6,8H,4-5H2,1-3H3,(H,13,14). The van der Waals surface area contributed by atoms with Gasteiger partial charge >= 0.3 is 5.97 Å². The summed E-state index contributed by atoms with van der Waals surface area (Å²) in [4.78, 5) is 27.4. The number of carbonyl (C=O) groups is 2. The lowest BCUT2D eigenvalue weighted by Crippen LogP contribution is -2.08. The average molecular weight is 268 g/mol. The van der Waals surface area contributed by atoms with E-state index in [0.717, 1.165) is 12.5 Å². The first-order valence-corrected chi connectivity index (χ1v) is 6.68. The minimum absolute atomic E-state index is 0.112. The van der Waals surface area contributed by atoms with Crippen molar-refractivity contribution in [2.75, 3.05) is 19.0 Å². The molecule has 1 aliphatic carbocycles. The monoisotopic (exact) mass is 268 g/mol. The van der Waals surface area contributed by atoms with E-state index in [-0.39, 0.29) is 11.5 Å². The number of methoxy groups -OCH3 is 1. The molecule has 1 aromatic heterocycles. The van der Waals surface area contributed by atoms with Crippen molar-refractivity contribution in [1.29, 1.82) is 0 Å². The third-order valence-corrected chi connectivity index (χ3v) is 4.23. The number of Topliss-reactive ketones (excluding diaryl/α,β-unsaturated/α-hetero) is 1. The van der Waals surface area contributed by atoms with Crippen LogP contribution in [0, 0.1) is 11.8 Å². The van der Waals surface area contributed by atoms with Crippen molar-refractivity contribution in [3.8, 4) is 0 Å². The fraction of sp³-hybridized carbons (Fsp3) is 0.583. The molecule has 0 amide bonds. The number of carbonyl (C=O) groups excluding carboxylic acids is 2. The molecule has 0 aromatic carbocycles. The van der Waals surface area contributed by atoms with E-state index in [1.54, 1.807) is 0 Å². The minimum Gasteiger partial charge on any atom is -0.464 e. The molecule has 6 heteroatoms. The summed E-state index contributed by atoms with van der Waals surface area (Å²) in [6, 6.07) is 0. The average Bonchev–Trinajstić information content (AvgIpc) is 2.89. The number of nitrogens with one attached hydrogen (secondary N) is 1. The number of aromatic nitrogens is 1. The molecular weight excluding hydrogens is 252 g/mol. The second kappa shape index (κ2) is 5.06. The number of thiazole rings is 1. The van der Waals surface area contributed by atoms with Gasteiger partial charge in [-0.1, -0.05) is 18.3 Å². The fourth-order valence-corrected chi connectivity index (χ4v) is 2.63. The number of anilines is 1. The van der Waals surface area contributed by atoms with Crippen LogP contribution in [0.25, 0.3) is 0 Å². The molecule has 2 atom stereocenters. The summed E-state index contributed by atoms with van der Waals surface area (Å²) in [6.45, 7) is 4.47. The number of ketones is 1. The number of ether oxygens (including phenoxy) is 1. The Morgan fingerprint density at radius 3 is 2.72 bits per heavy atom. The first-order valence-electron chi connectivity index (χ1n) is 5.87. The van der Waals surface area contributed by atoms with Crippen LogP contribution in [0.3, 0.4) is 0 Å². The second-order valence-electron chi connectivity index (χ2n) is 4.60. The quantitative estimate of drug-likeness (QED) is 0.655. The van der Waals surface area contributed by atoms with Crippen LogP contribution in [0.4, 0.5) is 5.13 Å². The van der Waals surface area contributed by atoms with E-state index in [1.165, 1.54) is 31.8 Å². The molecule has 0 bridgehead atoms. The lowest BCUT2D eigenvalue weighted by atomic mass is 10.3. The lowest BCUT2D eigenvalue weighted by Gasteiger charge is -1.99. The Morgan fingerprint density at radius 2 is 2.22 bits per heavy atom. The highest BCUT2D eigenvalue weighted by Crippen LogP contribution is 2.38. The highest BCUT2D eigenvalue weighted by molar-refractivity contribution is 7.17.